The fraction of sp³-hybridized carbons (Fsp3) is 0.467. The monoisotopic (exact) mass is 307 g/mol. The highest BCUT2D eigenvalue weighted by atomic mass is 32.1. The number of carbonyl (C=O) groups excluding carboxylic acids is 1. The molecule has 5 nitrogen and oxygen atoms in total. The number of amides is 1. The number of carbonyl (C=O) groups is 1. The molecule has 0 saturated carbocycles. The molecular formula is C15H21N3O2S. The van der Waals surface area contributed by atoms with Crippen LogP contribution in [0.5, 0.6) is 0 Å². The summed E-state index contributed by atoms with van der Waals surface area (Å²) in [6, 6.07) is 3.65. The van der Waals surface area contributed by atoms with Crippen molar-refractivity contribution in [1.82, 2.24) is 10.5 Å². The molecule has 2 atom stereocenters. The lowest BCUT2D eigenvalue weighted by atomic mass is 10.1. The van der Waals surface area contributed by atoms with Gasteiger partial charge < -0.3 is 4.52 Å². The van der Waals surface area contributed by atoms with Crippen LogP contribution in [-0.4, -0.2) is 17.1 Å². The Hall–Kier alpha value is -1.66. The third kappa shape index (κ3) is 3.92. The van der Waals surface area contributed by atoms with Crippen molar-refractivity contribution >= 4 is 23.1 Å². The predicted molar refractivity (Wildman–Crippen MR) is 84.7 cm³/mol. The Morgan fingerprint density at radius 2 is 2.00 bits per heavy atom. The van der Waals surface area contributed by atoms with Gasteiger partial charge in [0, 0.05) is 21.9 Å². The summed E-state index contributed by atoms with van der Waals surface area (Å²) in [6.07, 6.45) is 0. The van der Waals surface area contributed by atoms with E-state index in [4.69, 9.17) is 4.52 Å². The molecule has 1 amide bonds. The lowest BCUT2D eigenvalue weighted by Crippen LogP contribution is -2.39. The van der Waals surface area contributed by atoms with E-state index in [1.165, 1.54) is 15.3 Å². The molecule has 0 aliphatic carbocycles. The molecule has 2 rings (SSSR count). The average Bonchev–Trinajstić information content (AvgIpc) is 2.95. The first-order valence-corrected chi connectivity index (χ1v) is 7.75. The zero-order valence-corrected chi connectivity index (χ0v) is 13.8. The summed E-state index contributed by atoms with van der Waals surface area (Å²) in [5.41, 5.74) is 1.98. The van der Waals surface area contributed by atoms with Crippen LogP contribution >= 0.6 is 11.3 Å². The number of aromatic nitrogens is 1. The van der Waals surface area contributed by atoms with E-state index in [-0.39, 0.29) is 18.0 Å². The predicted octanol–water partition coefficient (Wildman–Crippen LogP) is 3.34. The van der Waals surface area contributed by atoms with Crippen LogP contribution in [0, 0.1) is 20.8 Å². The second-order valence-corrected chi connectivity index (χ2v) is 6.76. The van der Waals surface area contributed by atoms with Crippen LogP contribution < -0.4 is 10.6 Å². The summed E-state index contributed by atoms with van der Waals surface area (Å²) < 4.78 is 4.99. The minimum absolute atomic E-state index is 0.118. The molecule has 0 aromatic carbocycles. The molecule has 6 heteroatoms. The van der Waals surface area contributed by atoms with Crippen molar-refractivity contribution in [3.8, 4) is 0 Å². The Morgan fingerprint density at radius 3 is 2.52 bits per heavy atom. The van der Waals surface area contributed by atoms with Gasteiger partial charge in [0.25, 0.3) is 0 Å². The van der Waals surface area contributed by atoms with Crippen LogP contribution in [0.2, 0.25) is 0 Å². The van der Waals surface area contributed by atoms with Gasteiger partial charge in [0.15, 0.2) is 0 Å². The highest BCUT2D eigenvalue weighted by Crippen LogP contribution is 2.26. The van der Waals surface area contributed by atoms with Crippen molar-refractivity contribution in [1.29, 1.82) is 0 Å². The van der Waals surface area contributed by atoms with E-state index in [1.54, 1.807) is 17.4 Å². The molecule has 2 aromatic rings. The maximum Gasteiger partial charge on any atom is 0.243 e. The number of aryl methyl sites for hydroxylation is 3. The van der Waals surface area contributed by atoms with E-state index >= 15 is 0 Å². The van der Waals surface area contributed by atoms with Gasteiger partial charge in [-0.2, -0.15) is 0 Å². The Kier molecular flexibility index (Phi) is 4.80. The van der Waals surface area contributed by atoms with E-state index in [0.717, 1.165) is 5.69 Å². The smallest absolute Gasteiger partial charge is 0.243 e. The molecule has 21 heavy (non-hydrogen) atoms. The van der Waals surface area contributed by atoms with Gasteiger partial charge in [0.05, 0.1) is 11.7 Å². The van der Waals surface area contributed by atoms with E-state index in [9.17, 15) is 4.79 Å². The lowest BCUT2D eigenvalue weighted by Gasteiger charge is -2.19. The van der Waals surface area contributed by atoms with Gasteiger partial charge in [0.1, 0.15) is 0 Å². The van der Waals surface area contributed by atoms with Gasteiger partial charge in [-0.15, -0.1) is 11.3 Å². The molecule has 2 heterocycles. The van der Waals surface area contributed by atoms with Crippen LogP contribution in [0.15, 0.2) is 16.7 Å². The van der Waals surface area contributed by atoms with E-state index < -0.39 is 0 Å². The van der Waals surface area contributed by atoms with Crippen molar-refractivity contribution in [2.75, 3.05) is 5.32 Å². The number of rotatable bonds is 5. The van der Waals surface area contributed by atoms with Crippen molar-refractivity contribution in [3.05, 3.63) is 33.1 Å². The van der Waals surface area contributed by atoms with Gasteiger partial charge in [-0.1, -0.05) is 5.16 Å². The number of thiophene rings is 1. The topological polar surface area (TPSA) is 67.2 Å². The first-order valence-electron chi connectivity index (χ1n) is 6.94. The molecule has 0 saturated heterocycles. The Morgan fingerprint density at radius 1 is 1.29 bits per heavy atom. The van der Waals surface area contributed by atoms with Gasteiger partial charge in [-0.05, 0) is 46.2 Å². The normalized spacial score (nSPS) is 14.0. The number of anilines is 1. The molecule has 0 aliphatic rings. The van der Waals surface area contributed by atoms with Crippen LogP contribution in [0.4, 0.5) is 5.88 Å². The quantitative estimate of drug-likeness (QED) is 0.889. The Labute approximate surface area is 128 Å². The zero-order chi connectivity index (χ0) is 15.6. The molecular weight excluding hydrogens is 286 g/mol. The highest BCUT2D eigenvalue weighted by molar-refractivity contribution is 7.12. The Bertz CT molecular complexity index is 633. The number of hydrogen-bond donors (Lipinski definition) is 2. The van der Waals surface area contributed by atoms with E-state index in [1.807, 2.05) is 13.8 Å². The summed E-state index contributed by atoms with van der Waals surface area (Å²) >= 11 is 1.77. The fourth-order valence-electron chi connectivity index (χ4n) is 2.27. The zero-order valence-electron chi connectivity index (χ0n) is 13.0. The van der Waals surface area contributed by atoms with Crippen LogP contribution in [-0.2, 0) is 4.79 Å². The SMILES string of the molecule is Cc1cc(NC(=O)[C@H](C)N[C@@H](C)c2cc(C)sc2C)on1. The Balaban J connectivity index is 1.95. The van der Waals surface area contributed by atoms with Gasteiger partial charge in [-0.3, -0.25) is 15.4 Å². The van der Waals surface area contributed by atoms with Crippen molar-refractivity contribution in [2.45, 2.75) is 46.7 Å². The molecule has 114 valence electrons. The van der Waals surface area contributed by atoms with Gasteiger partial charge in [0.2, 0.25) is 11.8 Å². The molecule has 0 fully saturated rings. The van der Waals surface area contributed by atoms with Crippen molar-refractivity contribution in [2.24, 2.45) is 0 Å². The van der Waals surface area contributed by atoms with Crippen molar-refractivity contribution < 1.29 is 9.32 Å². The molecule has 2 aromatic heterocycles. The molecule has 0 radical (unpaired) electrons. The summed E-state index contributed by atoms with van der Waals surface area (Å²) in [6.45, 7) is 9.91. The lowest BCUT2D eigenvalue weighted by molar-refractivity contribution is -0.118. The molecule has 0 unspecified atom stereocenters. The third-order valence-corrected chi connectivity index (χ3v) is 4.30. The first-order chi connectivity index (χ1) is 9.86. The highest BCUT2D eigenvalue weighted by Gasteiger charge is 2.19. The second kappa shape index (κ2) is 6.41. The van der Waals surface area contributed by atoms with E-state index in [2.05, 4.69) is 42.6 Å². The maximum absolute atomic E-state index is 12.1. The van der Waals surface area contributed by atoms with Crippen LogP contribution in [0.3, 0.4) is 0 Å². The summed E-state index contributed by atoms with van der Waals surface area (Å²) in [5, 5.41) is 9.76. The summed E-state index contributed by atoms with van der Waals surface area (Å²) in [5.74, 6) is 0.240. The summed E-state index contributed by atoms with van der Waals surface area (Å²) in [4.78, 5) is 14.7. The largest absolute Gasteiger partial charge is 0.338 e. The first kappa shape index (κ1) is 15.7. The maximum atomic E-state index is 12.1. The third-order valence-electron chi connectivity index (χ3n) is 3.31. The number of nitrogens with zero attached hydrogens (tertiary/aromatic N) is 1. The van der Waals surface area contributed by atoms with Gasteiger partial charge >= 0.3 is 0 Å². The minimum atomic E-state index is -0.329. The fourth-order valence-corrected chi connectivity index (χ4v) is 3.30. The molecule has 0 aliphatic heterocycles. The molecule has 0 spiro atoms. The average molecular weight is 307 g/mol. The minimum Gasteiger partial charge on any atom is -0.338 e. The van der Waals surface area contributed by atoms with E-state index in [0.29, 0.717) is 5.88 Å². The number of hydrogen-bond acceptors (Lipinski definition) is 5. The number of nitrogens with one attached hydrogen (secondary N) is 2. The van der Waals surface area contributed by atoms with Crippen LogP contribution in [0.25, 0.3) is 0 Å². The molecule has 0 bridgehead atoms. The van der Waals surface area contributed by atoms with Crippen molar-refractivity contribution in [3.63, 3.8) is 0 Å². The van der Waals surface area contributed by atoms with Gasteiger partial charge in [-0.25, -0.2) is 0 Å². The standard InChI is InChI=1S/C15H21N3O2S/c1-8-6-14(20-18-8)17-15(19)11(4)16-10(3)13-7-9(2)21-12(13)5/h6-7,10-11,16H,1-5H3,(H,17,19)/t10-,11-/m0/s1. The summed E-state index contributed by atoms with van der Waals surface area (Å²) in [7, 11) is 0. The second-order valence-electron chi connectivity index (χ2n) is 5.30. The molecule has 2 N–H and O–H groups in total. The van der Waals surface area contributed by atoms with Crippen LogP contribution in [0.1, 0.15) is 40.9 Å².